The van der Waals surface area contributed by atoms with Gasteiger partial charge < -0.3 is 19.0 Å². The van der Waals surface area contributed by atoms with Crippen molar-refractivity contribution in [3.05, 3.63) is 35.3 Å². The van der Waals surface area contributed by atoms with Crippen molar-refractivity contribution in [2.24, 2.45) is 17.3 Å². The maximum Gasteiger partial charge on any atom is 0.337 e. The van der Waals surface area contributed by atoms with Crippen molar-refractivity contribution in [2.75, 3.05) is 0 Å². The van der Waals surface area contributed by atoms with Crippen LogP contribution in [0, 0.1) is 17.3 Å². The molecule has 132 valence electrons. The number of carbonyl (C=O) groups excluding carboxylic acids is 2. The molecule has 0 amide bonds. The quantitative estimate of drug-likeness (QED) is 0.787. The molecule has 4 aliphatic rings. The minimum absolute atomic E-state index is 0.0399. The second kappa shape index (κ2) is 4.97. The molecule has 1 aromatic rings. The monoisotopic (exact) mass is 344 g/mol. The Bertz CT molecular complexity index is 778. The molecule has 0 unspecified atom stereocenters. The number of hydrogen-bond donors (Lipinski definition) is 1. The van der Waals surface area contributed by atoms with E-state index in [1.807, 2.05) is 13.0 Å². The van der Waals surface area contributed by atoms with Gasteiger partial charge in [0.25, 0.3) is 0 Å². The average Bonchev–Trinajstić information content (AvgIpc) is 3.27. The Balaban J connectivity index is 1.61. The lowest BCUT2D eigenvalue weighted by atomic mass is 9.53. The van der Waals surface area contributed by atoms with Gasteiger partial charge in [-0.25, -0.2) is 4.79 Å². The van der Waals surface area contributed by atoms with Gasteiger partial charge in [0.15, 0.2) is 0 Å². The molecule has 1 N–H and O–H groups in total. The van der Waals surface area contributed by atoms with Gasteiger partial charge in [0.05, 0.1) is 29.6 Å². The van der Waals surface area contributed by atoms with Gasteiger partial charge >= 0.3 is 11.9 Å². The molecule has 3 heterocycles. The molecular formula is C19H20O6. The first-order valence-electron chi connectivity index (χ1n) is 8.88. The van der Waals surface area contributed by atoms with E-state index in [0.29, 0.717) is 31.3 Å². The number of aliphatic hydroxyl groups excluding tert-OH is 1. The Morgan fingerprint density at radius 3 is 2.80 bits per heavy atom. The zero-order chi connectivity index (χ0) is 17.3. The molecule has 0 radical (unpaired) electrons. The summed E-state index contributed by atoms with van der Waals surface area (Å²) in [5.41, 5.74) is 1.45. The van der Waals surface area contributed by atoms with E-state index in [1.54, 1.807) is 12.5 Å². The number of cyclic esters (lactones) is 1. The summed E-state index contributed by atoms with van der Waals surface area (Å²) in [4.78, 5) is 25.3. The summed E-state index contributed by atoms with van der Waals surface area (Å²) in [6.07, 6.45) is 4.11. The van der Waals surface area contributed by atoms with E-state index in [0.717, 1.165) is 11.1 Å². The van der Waals surface area contributed by atoms with Crippen molar-refractivity contribution in [3.63, 3.8) is 0 Å². The minimum Gasteiger partial charge on any atom is -0.472 e. The highest BCUT2D eigenvalue weighted by Crippen LogP contribution is 2.62. The molecule has 2 aliphatic carbocycles. The van der Waals surface area contributed by atoms with E-state index in [-0.39, 0.29) is 30.0 Å². The molecule has 1 saturated carbocycles. The third-order valence-corrected chi connectivity index (χ3v) is 6.70. The highest BCUT2D eigenvalue weighted by atomic mass is 16.6. The molecule has 2 aliphatic heterocycles. The number of aliphatic hydroxyl groups is 1. The van der Waals surface area contributed by atoms with Gasteiger partial charge in [-0.2, -0.15) is 0 Å². The highest BCUT2D eigenvalue weighted by Gasteiger charge is 2.64. The lowest BCUT2D eigenvalue weighted by Gasteiger charge is -2.47. The van der Waals surface area contributed by atoms with Crippen molar-refractivity contribution in [1.82, 2.24) is 0 Å². The molecule has 25 heavy (non-hydrogen) atoms. The van der Waals surface area contributed by atoms with Gasteiger partial charge in [0, 0.05) is 17.9 Å². The second-order valence-corrected chi connectivity index (χ2v) is 7.74. The predicted octanol–water partition coefficient (Wildman–Crippen LogP) is 2.29. The smallest absolute Gasteiger partial charge is 0.337 e. The van der Waals surface area contributed by atoms with Crippen LogP contribution in [0.4, 0.5) is 0 Å². The van der Waals surface area contributed by atoms with Crippen LogP contribution in [0.5, 0.6) is 0 Å². The van der Waals surface area contributed by atoms with Gasteiger partial charge in [-0.3, -0.25) is 4.79 Å². The Morgan fingerprint density at radius 2 is 2.04 bits per heavy atom. The molecule has 1 spiro atoms. The van der Waals surface area contributed by atoms with Gasteiger partial charge in [-0.1, -0.05) is 6.92 Å². The molecule has 0 bridgehead atoms. The number of hydrogen-bond acceptors (Lipinski definition) is 6. The molecular weight excluding hydrogens is 324 g/mol. The first-order valence-corrected chi connectivity index (χ1v) is 8.88. The van der Waals surface area contributed by atoms with Crippen LogP contribution >= 0.6 is 0 Å². The normalized spacial score (nSPS) is 42.6. The number of esters is 2. The molecule has 2 fully saturated rings. The van der Waals surface area contributed by atoms with E-state index in [1.165, 1.54) is 0 Å². The second-order valence-electron chi connectivity index (χ2n) is 7.74. The van der Waals surface area contributed by atoms with Crippen molar-refractivity contribution in [3.8, 4) is 0 Å². The maximum atomic E-state index is 13.1. The summed E-state index contributed by atoms with van der Waals surface area (Å²) in [6.45, 7) is 2.05. The fourth-order valence-corrected chi connectivity index (χ4v) is 5.50. The predicted molar refractivity (Wildman–Crippen MR) is 84.0 cm³/mol. The lowest BCUT2D eigenvalue weighted by molar-refractivity contribution is -0.156. The van der Waals surface area contributed by atoms with Gasteiger partial charge in [-0.15, -0.1) is 0 Å². The van der Waals surface area contributed by atoms with Crippen molar-refractivity contribution >= 4 is 11.9 Å². The average molecular weight is 344 g/mol. The standard InChI is InChI=1S/C19H20O6/c1-9-6-13-15-11(2-3-12(20)16(15)17(21)24-13)19(9)7-14(25-18(19)22)10-4-5-23-8-10/h4-5,8-9,11-14,20H,2-3,6-7H2,1H3/t9-,11-,12-,13+,14-,19-/m0/s1. The molecule has 0 aromatic carbocycles. The number of rotatable bonds is 1. The number of carbonyl (C=O) groups is 2. The molecule has 6 atom stereocenters. The summed E-state index contributed by atoms with van der Waals surface area (Å²) in [7, 11) is 0. The third kappa shape index (κ3) is 1.83. The summed E-state index contributed by atoms with van der Waals surface area (Å²) in [5, 5.41) is 10.3. The largest absolute Gasteiger partial charge is 0.472 e. The van der Waals surface area contributed by atoms with Crippen molar-refractivity contribution in [1.29, 1.82) is 0 Å². The Morgan fingerprint density at radius 1 is 1.20 bits per heavy atom. The van der Waals surface area contributed by atoms with E-state index < -0.39 is 17.5 Å². The summed E-state index contributed by atoms with van der Waals surface area (Å²) in [5.74, 6) is -0.676. The van der Waals surface area contributed by atoms with E-state index in [2.05, 4.69) is 0 Å². The van der Waals surface area contributed by atoms with Crippen LogP contribution < -0.4 is 0 Å². The highest BCUT2D eigenvalue weighted by molar-refractivity contribution is 5.95. The maximum absolute atomic E-state index is 13.1. The minimum atomic E-state index is -0.781. The van der Waals surface area contributed by atoms with E-state index in [4.69, 9.17) is 13.9 Å². The first kappa shape index (κ1) is 15.2. The molecule has 1 saturated heterocycles. The first-order chi connectivity index (χ1) is 12.0. The topological polar surface area (TPSA) is 86.0 Å². The van der Waals surface area contributed by atoms with Crippen molar-refractivity contribution in [2.45, 2.75) is 50.9 Å². The fourth-order valence-electron chi connectivity index (χ4n) is 5.50. The zero-order valence-corrected chi connectivity index (χ0v) is 13.9. The molecule has 1 aromatic heterocycles. The van der Waals surface area contributed by atoms with Crippen LogP contribution in [-0.2, 0) is 19.1 Å². The summed E-state index contributed by atoms with van der Waals surface area (Å²) < 4.78 is 16.4. The van der Waals surface area contributed by atoms with Crippen molar-refractivity contribution < 1.29 is 28.6 Å². The van der Waals surface area contributed by atoms with Crippen LogP contribution in [0.3, 0.4) is 0 Å². The van der Waals surface area contributed by atoms with Crippen LogP contribution in [-0.4, -0.2) is 29.3 Å². The zero-order valence-electron chi connectivity index (χ0n) is 13.9. The lowest BCUT2D eigenvalue weighted by Crippen LogP contribution is -2.50. The Hall–Kier alpha value is -2.08. The van der Waals surface area contributed by atoms with Gasteiger partial charge in [0.1, 0.15) is 12.2 Å². The molecule has 5 rings (SSSR count). The van der Waals surface area contributed by atoms with Crippen LogP contribution in [0.15, 0.2) is 34.2 Å². The number of fused-ring (bicyclic) bond motifs is 1. The van der Waals surface area contributed by atoms with E-state index >= 15 is 0 Å². The van der Waals surface area contributed by atoms with Crippen LogP contribution in [0.2, 0.25) is 0 Å². The van der Waals surface area contributed by atoms with E-state index in [9.17, 15) is 14.7 Å². The molecule has 6 nitrogen and oxygen atoms in total. The fraction of sp³-hybridized carbons (Fsp3) is 0.579. The Kier molecular flexibility index (Phi) is 3.02. The van der Waals surface area contributed by atoms with Gasteiger partial charge in [-0.05, 0) is 36.8 Å². The van der Waals surface area contributed by atoms with Crippen LogP contribution in [0.1, 0.15) is 44.3 Å². The number of ether oxygens (including phenoxy) is 2. The summed E-state index contributed by atoms with van der Waals surface area (Å²) >= 11 is 0. The molecule has 6 heteroatoms. The summed E-state index contributed by atoms with van der Waals surface area (Å²) in [6, 6.07) is 1.82. The third-order valence-electron chi connectivity index (χ3n) is 6.70. The van der Waals surface area contributed by atoms with Crippen LogP contribution in [0.25, 0.3) is 0 Å². The SMILES string of the molecule is C[C@H]1C[C@H]2OC(=O)C3=C2[C@H](CC[C@@H]3O)[C@]12C[C@@H](c1ccoc1)OC2=O. The Labute approximate surface area is 144 Å². The van der Waals surface area contributed by atoms with Gasteiger partial charge in [0.2, 0.25) is 0 Å². The number of furan rings is 1.